The smallest absolute Gasteiger partial charge is 0.245 e. The van der Waals surface area contributed by atoms with E-state index in [1.807, 2.05) is 19.2 Å². The maximum absolute atomic E-state index is 11.7. The normalized spacial score (nSPS) is 18.4. The van der Waals surface area contributed by atoms with Crippen molar-refractivity contribution in [2.45, 2.75) is 38.6 Å². The van der Waals surface area contributed by atoms with Gasteiger partial charge in [-0.3, -0.25) is 0 Å². The first-order chi connectivity index (χ1) is 14.4. The van der Waals surface area contributed by atoms with Crippen molar-refractivity contribution in [3.63, 3.8) is 0 Å². The Morgan fingerprint density at radius 1 is 1.17 bits per heavy atom. The van der Waals surface area contributed by atoms with Crippen LogP contribution >= 0.6 is 0 Å². The Morgan fingerprint density at radius 2 is 1.97 bits per heavy atom. The van der Waals surface area contributed by atoms with Gasteiger partial charge < -0.3 is 9.64 Å². The fourth-order valence-electron chi connectivity index (χ4n) is 4.35. The second kappa shape index (κ2) is 8.89. The van der Waals surface area contributed by atoms with Crippen molar-refractivity contribution < 1.29 is 13.2 Å². The van der Waals surface area contributed by atoms with Crippen LogP contribution in [0.25, 0.3) is 0 Å². The molecule has 0 N–H and O–H groups in total. The van der Waals surface area contributed by atoms with Gasteiger partial charge in [-0.2, -0.15) is 4.31 Å². The van der Waals surface area contributed by atoms with E-state index in [0.29, 0.717) is 19.7 Å². The third kappa shape index (κ3) is 4.92. The van der Waals surface area contributed by atoms with E-state index in [2.05, 4.69) is 26.5 Å². The van der Waals surface area contributed by atoms with E-state index < -0.39 is 10.0 Å². The highest BCUT2D eigenvalue weighted by atomic mass is 32.2. The summed E-state index contributed by atoms with van der Waals surface area (Å²) in [6.07, 6.45) is 6.52. The van der Waals surface area contributed by atoms with E-state index in [4.69, 9.17) is 4.74 Å². The number of aryl methyl sites for hydroxylation is 1. The van der Waals surface area contributed by atoms with E-state index in [-0.39, 0.29) is 0 Å². The van der Waals surface area contributed by atoms with Crippen molar-refractivity contribution in [2.24, 2.45) is 13.0 Å². The van der Waals surface area contributed by atoms with Crippen molar-refractivity contribution in [3.8, 4) is 5.75 Å². The third-order valence-corrected chi connectivity index (χ3v) is 7.39. The molecule has 0 aliphatic carbocycles. The first-order valence-electron chi connectivity index (χ1n) is 10.6. The molecule has 2 aromatic rings. The number of benzene rings is 1. The van der Waals surface area contributed by atoms with Gasteiger partial charge in [-0.05, 0) is 71.7 Å². The van der Waals surface area contributed by atoms with Gasteiger partial charge in [0.25, 0.3) is 0 Å². The third-order valence-electron chi connectivity index (χ3n) is 6.14. The van der Waals surface area contributed by atoms with Crippen molar-refractivity contribution in [3.05, 3.63) is 29.3 Å². The van der Waals surface area contributed by atoms with Gasteiger partial charge in [-0.15, -0.1) is 0 Å². The first kappa shape index (κ1) is 21.0. The summed E-state index contributed by atoms with van der Waals surface area (Å²) in [6, 6.07) is 6.03. The van der Waals surface area contributed by atoms with Crippen molar-refractivity contribution >= 4 is 16.0 Å². The molecule has 3 heterocycles. The lowest BCUT2D eigenvalue weighted by atomic mass is 9.92. The number of fused-ring (bicyclic) bond motifs is 1. The summed E-state index contributed by atoms with van der Waals surface area (Å²) in [7, 11) is -1.26. The van der Waals surface area contributed by atoms with Crippen molar-refractivity contribution in [1.29, 1.82) is 0 Å². The van der Waals surface area contributed by atoms with Crippen LogP contribution in [0.15, 0.2) is 18.2 Å². The average Bonchev–Trinajstić information content (AvgIpc) is 3.16. The fourth-order valence-corrected chi connectivity index (χ4v) is 5.15. The molecule has 1 aromatic heterocycles. The predicted molar refractivity (Wildman–Crippen MR) is 114 cm³/mol. The van der Waals surface area contributed by atoms with Crippen LogP contribution in [0.4, 0.5) is 5.95 Å². The molecule has 1 aromatic carbocycles. The van der Waals surface area contributed by atoms with Gasteiger partial charge in [0.15, 0.2) is 0 Å². The summed E-state index contributed by atoms with van der Waals surface area (Å²) in [5.41, 5.74) is 2.27. The monoisotopic (exact) mass is 434 g/mol. The average molecular weight is 435 g/mol. The van der Waals surface area contributed by atoms with Crippen LogP contribution in [0.2, 0.25) is 0 Å². The van der Waals surface area contributed by atoms with Gasteiger partial charge in [-0.25, -0.2) is 13.1 Å². The molecular weight excluding hydrogens is 404 g/mol. The Hall–Kier alpha value is -2.20. The number of ether oxygens (including phenoxy) is 1. The van der Waals surface area contributed by atoms with Gasteiger partial charge >= 0.3 is 0 Å². The van der Waals surface area contributed by atoms with E-state index >= 15 is 0 Å². The number of sulfonamides is 1. The molecule has 164 valence electrons. The molecule has 4 rings (SSSR count). The lowest BCUT2D eigenvalue weighted by Gasteiger charge is -2.31. The van der Waals surface area contributed by atoms with E-state index in [1.165, 1.54) is 22.5 Å². The number of rotatable bonds is 7. The molecule has 1 fully saturated rings. The zero-order valence-corrected chi connectivity index (χ0v) is 18.5. The zero-order chi connectivity index (χ0) is 21.1. The second-order valence-corrected chi connectivity index (χ2v) is 10.3. The Bertz CT molecular complexity index is 969. The molecule has 0 unspecified atom stereocenters. The molecular formula is C20H30N6O3S. The molecule has 0 saturated carbocycles. The summed E-state index contributed by atoms with van der Waals surface area (Å²) >= 11 is 0. The Labute approximate surface area is 178 Å². The first-order valence-corrected chi connectivity index (χ1v) is 12.4. The van der Waals surface area contributed by atoms with Crippen molar-refractivity contribution in [2.75, 3.05) is 37.4 Å². The molecule has 10 heteroatoms. The highest BCUT2D eigenvalue weighted by molar-refractivity contribution is 7.88. The molecule has 9 nitrogen and oxygen atoms in total. The summed E-state index contributed by atoms with van der Waals surface area (Å²) in [6.45, 7) is 3.70. The standard InChI is InChI=1S/C20H30N6O3S/c1-24-20(21-22-23-24)25-10-7-16(8-11-25)4-3-13-29-19-6-5-18-15-26(30(2,27)28)12-9-17(18)14-19/h5-6,14,16H,3-4,7-13,15H2,1-2H3. The number of aromatic nitrogens is 4. The van der Waals surface area contributed by atoms with E-state index in [0.717, 1.165) is 62.0 Å². The zero-order valence-electron chi connectivity index (χ0n) is 17.7. The molecule has 0 radical (unpaired) electrons. The molecule has 0 bridgehead atoms. The lowest BCUT2D eigenvalue weighted by Crippen LogP contribution is -2.35. The fraction of sp³-hybridized carbons (Fsp3) is 0.650. The number of piperidine rings is 1. The minimum atomic E-state index is -3.14. The van der Waals surface area contributed by atoms with Crippen molar-refractivity contribution in [1.82, 2.24) is 24.5 Å². The molecule has 0 atom stereocenters. The number of anilines is 1. The molecule has 0 amide bonds. The maximum atomic E-state index is 11.7. The predicted octanol–water partition coefficient (Wildman–Crippen LogP) is 1.60. The quantitative estimate of drug-likeness (QED) is 0.611. The van der Waals surface area contributed by atoms with Gasteiger partial charge in [-0.1, -0.05) is 11.2 Å². The highest BCUT2D eigenvalue weighted by Gasteiger charge is 2.24. The van der Waals surface area contributed by atoms with Crippen LogP contribution in [0.1, 0.15) is 36.8 Å². The summed E-state index contributed by atoms with van der Waals surface area (Å²) in [5.74, 6) is 2.45. The van der Waals surface area contributed by atoms with Crippen LogP contribution < -0.4 is 9.64 Å². The number of hydrogen-bond acceptors (Lipinski definition) is 7. The Balaban J connectivity index is 1.19. The minimum Gasteiger partial charge on any atom is -0.494 e. The SMILES string of the molecule is Cn1nnnc1N1CCC(CCCOc2ccc3c(c2)CCN(S(C)(=O)=O)C3)CC1. The second-order valence-electron chi connectivity index (χ2n) is 8.30. The molecule has 0 spiro atoms. The van der Waals surface area contributed by atoms with Crippen LogP contribution in [-0.2, 0) is 30.0 Å². The van der Waals surface area contributed by atoms with Gasteiger partial charge in [0.1, 0.15) is 5.75 Å². The number of hydrogen-bond donors (Lipinski definition) is 0. The molecule has 30 heavy (non-hydrogen) atoms. The topological polar surface area (TPSA) is 93.5 Å². The Morgan fingerprint density at radius 3 is 2.67 bits per heavy atom. The maximum Gasteiger partial charge on any atom is 0.245 e. The molecule has 2 aliphatic rings. The number of tetrazole rings is 1. The van der Waals surface area contributed by atoms with Crippen LogP contribution in [0.5, 0.6) is 5.75 Å². The van der Waals surface area contributed by atoms with Crippen LogP contribution in [-0.4, -0.2) is 65.4 Å². The lowest BCUT2D eigenvalue weighted by molar-refractivity contribution is 0.278. The van der Waals surface area contributed by atoms with Gasteiger partial charge in [0.05, 0.1) is 12.9 Å². The largest absolute Gasteiger partial charge is 0.494 e. The number of nitrogens with zero attached hydrogens (tertiary/aromatic N) is 6. The van der Waals surface area contributed by atoms with E-state index in [9.17, 15) is 8.42 Å². The highest BCUT2D eigenvalue weighted by Crippen LogP contribution is 2.27. The summed E-state index contributed by atoms with van der Waals surface area (Å²) in [4.78, 5) is 2.25. The Kier molecular flexibility index (Phi) is 6.24. The molecule has 2 aliphatic heterocycles. The minimum absolute atomic E-state index is 0.456. The molecule has 1 saturated heterocycles. The van der Waals surface area contributed by atoms with E-state index in [1.54, 1.807) is 4.68 Å². The van der Waals surface area contributed by atoms with Crippen LogP contribution in [0, 0.1) is 5.92 Å². The van der Waals surface area contributed by atoms with Gasteiger partial charge in [0, 0.05) is 33.2 Å². The summed E-state index contributed by atoms with van der Waals surface area (Å²) < 4.78 is 32.7. The van der Waals surface area contributed by atoms with Gasteiger partial charge in [0.2, 0.25) is 16.0 Å². The summed E-state index contributed by atoms with van der Waals surface area (Å²) in [5, 5.41) is 11.7. The van der Waals surface area contributed by atoms with Crippen LogP contribution in [0.3, 0.4) is 0 Å².